The number of carbonyl (C=O) groups excluding carboxylic acids is 1. The molecule has 0 saturated heterocycles. The molecule has 0 fully saturated rings. The molecule has 0 aromatic carbocycles. The monoisotopic (exact) mass is 261 g/mol. The summed E-state index contributed by atoms with van der Waals surface area (Å²) in [5, 5.41) is 7.75. The molecule has 0 spiro atoms. The minimum absolute atomic E-state index is 0.118. The molecule has 0 aliphatic rings. The maximum atomic E-state index is 11.0. The van der Waals surface area contributed by atoms with Crippen LogP contribution in [-0.4, -0.2) is 17.8 Å². The van der Waals surface area contributed by atoms with Gasteiger partial charge in [-0.25, -0.2) is 0 Å². The third-order valence-electron chi connectivity index (χ3n) is 1.64. The van der Waals surface area contributed by atoms with Gasteiger partial charge in [0.15, 0.2) is 0 Å². The van der Waals surface area contributed by atoms with Crippen molar-refractivity contribution in [2.45, 2.75) is 12.8 Å². The summed E-state index contributed by atoms with van der Waals surface area (Å²) in [6, 6.07) is 2.08. The molecule has 0 unspecified atom stereocenters. The van der Waals surface area contributed by atoms with E-state index in [0.29, 0.717) is 6.42 Å². The van der Waals surface area contributed by atoms with E-state index in [4.69, 9.17) is 0 Å². The fourth-order valence-corrected chi connectivity index (χ4v) is 2.02. The van der Waals surface area contributed by atoms with Crippen LogP contribution in [0.1, 0.15) is 12.0 Å². The van der Waals surface area contributed by atoms with Gasteiger partial charge in [0.25, 0.3) is 0 Å². The molecule has 0 aliphatic carbocycles. The first-order chi connectivity index (χ1) is 6.33. The van der Waals surface area contributed by atoms with Crippen LogP contribution in [0.15, 0.2) is 16.8 Å². The Bertz CT molecular complexity index is 248. The summed E-state index contributed by atoms with van der Waals surface area (Å²) in [6.45, 7) is 0.739. The van der Waals surface area contributed by atoms with E-state index in [2.05, 4.69) is 38.1 Å². The summed E-state index contributed by atoms with van der Waals surface area (Å²) in [5.41, 5.74) is 1.30. The number of nitrogens with one attached hydrogen (secondary N) is 1. The van der Waals surface area contributed by atoms with Crippen molar-refractivity contribution in [3.63, 3.8) is 0 Å². The number of carbonyl (C=O) groups is 1. The largest absolute Gasteiger partial charge is 0.356 e. The molecule has 1 heterocycles. The highest BCUT2D eigenvalue weighted by Crippen LogP contribution is 2.05. The molecule has 2 nitrogen and oxygen atoms in total. The van der Waals surface area contributed by atoms with E-state index in [-0.39, 0.29) is 5.91 Å². The van der Waals surface area contributed by atoms with Crippen molar-refractivity contribution >= 4 is 33.2 Å². The molecule has 1 aromatic heterocycles. The molecular weight excluding hydrogens is 250 g/mol. The second-order valence-electron chi connectivity index (χ2n) is 2.67. The van der Waals surface area contributed by atoms with Gasteiger partial charge in [-0.05, 0) is 28.8 Å². The highest BCUT2D eigenvalue weighted by molar-refractivity contribution is 9.09. The van der Waals surface area contributed by atoms with Crippen molar-refractivity contribution in [2.75, 3.05) is 11.9 Å². The highest BCUT2D eigenvalue weighted by atomic mass is 79.9. The van der Waals surface area contributed by atoms with Crippen LogP contribution < -0.4 is 5.32 Å². The van der Waals surface area contributed by atoms with Crippen LogP contribution in [0.3, 0.4) is 0 Å². The number of halogens is 1. The van der Waals surface area contributed by atoms with Crippen LogP contribution in [0.5, 0.6) is 0 Å². The molecule has 1 aromatic rings. The average Bonchev–Trinajstić information content (AvgIpc) is 2.57. The molecule has 0 radical (unpaired) electrons. The number of hydrogen-bond acceptors (Lipinski definition) is 2. The zero-order valence-electron chi connectivity index (χ0n) is 7.25. The van der Waals surface area contributed by atoms with Gasteiger partial charge in [0.2, 0.25) is 5.91 Å². The summed E-state index contributed by atoms with van der Waals surface area (Å²) in [6.07, 6.45) is 1.49. The molecule has 1 amide bonds. The van der Waals surface area contributed by atoms with E-state index in [1.54, 1.807) is 11.3 Å². The van der Waals surface area contributed by atoms with Crippen molar-refractivity contribution in [1.82, 2.24) is 5.32 Å². The van der Waals surface area contributed by atoms with Gasteiger partial charge >= 0.3 is 0 Å². The van der Waals surface area contributed by atoms with Crippen LogP contribution in [0.4, 0.5) is 0 Å². The lowest BCUT2D eigenvalue weighted by molar-refractivity contribution is -0.120. The van der Waals surface area contributed by atoms with Crippen molar-refractivity contribution in [3.05, 3.63) is 22.4 Å². The summed E-state index contributed by atoms with van der Waals surface area (Å²) < 4.78 is 0. The highest BCUT2D eigenvalue weighted by Gasteiger charge is 1.98. The Labute approximate surface area is 90.5 Å². The zero-order chi connectivity index (χ0) is 9.52. The quantitative estimate of drug-likeness (QED) is 0.810. The number of alkyl halides is 1. The predicted molar refractivity (Wildman–Crippen MR) is 59.4 cm³/mol. The number of amides is 1. The van der Waals surface area contributed by atoms with Crippen molar-refractivity contribution in [3.8, 4) is 0 Å². The molecular formula is C9H12BrNOS. The van der Waals surface area contributed by atoms with Crippen molar-refractivity contribution < 1.29 is 4.79 Å². The fraction of sp³-hybridized carbons (Fsp3) is 0.444. The number of hydrogen-bond donors (Lipinski definition) is 1. The zero-order valence-corrected chi connectivity index (χ0v) is 9.66. The summed E-state index contributed by atoms with van der Waals surface area (Å²) in [7, 11) is 0. The maximum Gasteiger partial charge on any atom is 0.220 e. The van der Waals surface area contributed by atoms with Crippen molar-refractivity contribution in [1.29, 1.82) is 0 Å². The van der Waals surface area contributed by atoms with E-state index >= 15 is 0 Å². The Balaban J connectivity index is 2.11. The van der Waals surface area contributed by atoms with Crippen molar-refractivity contribution in [2.24, 2.45) is 0 Å². The number of thiophene rings is 1. The van der Waals surface area contributed by atoms with Crippen LogP contribution in [0.2, 0.25) is 0 Å². The molecule has 72 valence electrons. The van der Waals surface area contributed by atoms with E-state index in [0.717, 1.165) is 18.3 Å². The Morgan fingerprint density at radius 1 is 1.62 bits per heavy atom. The fourth-order valence-electron chi connectivity index (χ4n) is 0.955. The van der Waals surface area contributed by atoms with Gasteiger partial charge < -0.3 is 5.32 Å². The minimum atomic E-state index is 0.118. The van der Waals surface area contributed by atoms with Gasteiger partial charge in [0.1, 0.15) is 0 Å². The molecule has 0 bridgehead atoms. The third kappa shape index (κ3) is 4.43. The predicted octanol–water partition coefficient (Wildman–Crippen LogP) is 2.19. The third-order valence-corrected chi connectivity index (χ3v) is 2.77. The van der Waals surface area contributed by atoms with Gasteiger partial charge in [0, 0.05) is 18.3 Å². The molecule has 0 aliphatic heterocycles. The SMILES string of the molecule is O=C(CCBr)NCCc1ccsc1. The molecule has 1 rings (SSSR count). The van der Waals surface area contributed by atoms with Crippen LogP contribution in [0, 0.1) is 0 Å². The Morgan fingerprint density at radius 2 is 2.46 bits per heavy atom. The van der Waals surface area contributed by atoms with E-state index < -0.39 is 0 Å². The van der Waals surface area contributed by atoms with E-state index in [1.165, 1.54) is 5.56 Å². The lowest BCUT2D eigenvalue weighted by atomic mass is 10.2. The second kappa shape index (κ2) is 6.16. The molecule has 0 saturated carbocycles. The first kappa shape index (κ1) is 10.7. The smallest absolute Gasteiger partial charge is 0.220 e. The topological polar surface area (TPSA) is 29.1 Å². The summed E-state index contributed by atoms with van der Waals surface area (Å²) in [4.78, 5) is 11.0. The average molecular weight is 262 g/mol. The molecule has 1 N–H and O–H groups in total. The molecule has 4 heteroatoms. The summed E-state index contributed by atoms with van der Waals surface area (Å²) in [5.74, 6) is 0.118. The maximum absolute atomic E-state index is 11.0. The van der Waals surface area contributed by atoms with Gasteiger partial charge in [-0.2, -0.15) is 11.3 Å². The summed E-state index contributed by atoms with van der Waals surface area (Å²) >= 11 is 4.91. The second-order valence-corrected chi connectivity index (χ2v) is 4.24. The minimum Gasteiger partial charge on any atom is -0.356 e. The standard InChI is InChI=1S/C9H12BrNOS/c10-4-1-9(12)11-5-2-8-3-6-13-7-8/h3,6-7H,1-2,4-5H2,(H,11,12). The van der Waals surface area contributed by atoms with E-state index in [1.807, 2.05) is 0 Å². The van der Waals surface area contributed by atoms with Gasteiger partial charge in [-0.15, -0.1) is 0 Å². The molecule has 13 heavy (non-hydrogen) atoms. The Hall–Kier alpha value is -0.350. The Morgan fingerprint density at radius 3 is 3.08 bits per heavy atom. The lowest BCUT2D eigenvalue weighted by Crippen LogP contribution is -2.25. The number of rotatable bonds is 5. The van der Waals surface area contributed by atoms with Gasteiger partial charge in [0.05, 0.1) is 0 Å². The van der Waals surface area contributed by atoms with Gasteiger partial charge in [-0.1, -0.05) is 15.9 Å². The first-order valence-electron chi connectivity index (χ1n) is 4.16. The first-order valence-corrected chi connectivity index (χ1v) is 6.23. The van der Waals surface area contributed by atoms with Crippen LogP contribution in [0.25, 0.3) is 0 Å². The van der Waals surface area contributed by atoms with Crippen LogP contribution >= 0.6 is 27.3 Å². The van der Waals surface area contributed by atoms with Crippen LogP contribution in [-0.2, 0) is 11.2 Å². The molecule has 0 atom stereocenters. The lowest BCUT2D eigenvalue weighted by Gasteiger charge is -2.01. The normalized spacial score (nSPS) is 9.92. The van der Waals surface area contributed by atoms with Gasteiger partial charge in [-0.3, -0.25) is 4.79 Å². The van der Waals surface area contributed by atoms with E-state index in [9.17, 15) is 4.79 Å². The Kier molecular flexibility index (Phi) is 5.08.